The second kappa shape index (κ2) is 9.62. The van der Waals surface area contributed by atoms with Gasteiger partial charge in [0.1, 0.15) is 23.9 Å². The van der Waals surface area contributed by atoms with Crippen LogP contribution in [0.4, 0.5) is 5.69 Å². The minimum Gasteiger partial charge on any atom is -0.495 e. The van der Waals surface area contributed by atoms with Gasteiger partial charge in [0.05, 0.1) is 30.4 Å². The standard InChI is InChI=1S/C28H28ClN3O3/c1-18-14-21(15-19(2)27(18)29)35-13-12-31-23-9-5-4-8-22(23)30-28(31)20-16-26(33)32(17-20)24-10-6-7-11-25(24)34-3/h4-11,14-15,20H,12-13,16-17H2,1-3H3. The number of halogens is 1. The van der Waals surface area contributed by atoms with E-state index in [-0.39, 0.29) is 11.8 Å². The molecule has 7 heteroatoms. The Kier molecular flexibility index (Phi) is 6.39. The predicted molar refractivity (Wildman–Crippen MR) is 139 cm³/mol. The van der Waals surface area contributed by atoms with Crippen LogP contribution in [-0.2, 0) is 11.3 Å². The number of anilines is 1. The smallest absolute Gasteiger partial charge is 0.227 e. The van der Waals surface area contributed by atoms with E-state index in [2.05, 4.69) is 10.6 Å². The molecule has 0 N–H and O–H groups in total. The van der Waals surface area contributed by atoms with E-state index in [4.69, 9.17) is 26.1 Å². The van der Waals surface area contributed by atoms with E-state index < -0.39 is 0 Å². The molecular weight excluding hydrogens is 462 g/mol. The molecule has 1 fully saturated rings. The molecule has 0 spiro atoms. The average molecular weight is 490 g/mol. The van der Waals surface area contributed by atoms with Gasteiger partial charge in [0.25, 0.3) is 0 Å². The van der Waals surface area contributed by atoms with Crippen LogP contribution in [0.2, 0.25) is 5.02 Å². The monoisotopic (exact) mass is 489 g/mol. The van der Waals surface area contributed by atoms with Crippen LogP contribution < -0.4 is 14.4 Å². The summed E-state index contributed by atoms with van der Waals surface area (Å²) in [6.07, 6.45) is 0.401. The lowest BCUT2D eigenvalue weighted by molar-refractivity contribution is -0.117. The van der Waals surface area contributed by atoms with Crippen molar-refractivity contribution in [1.82, 2.24) is 9.55 Å². The summed E-state index contributed by atoms with van der Waals surface area (Å²) in [4.78, 5) is 19.8. The van der Waals surface area contributed by atoms with E-state index >= 15 is 0 Å². The number of carbonyl (C=O) groups is 1. The van der Waals surface area contributed by atoms with Gasteiger partial charge in [0, 0.05) is 23.9 Å². The number of ether oxygens (including phenoxy) is 2. The molecule has 1 amide bonds. The molecule has 1 aliphatic heterocycles. The van der Waals surface area contributed by atoms with Gasteiger partial charge in [-0.3, -0.25) is 4.79 Å². The number of para-hydroxylation sites is 4. The van der Waals surface area contributed by atoms with Gasteiger partial charge >= 0.3 is 0 Å². The molecule has 1 unspecified atom stereocenters. The zero-order valence-electron chi connectivity index (χ0n) is 20.1. The molecule has 1 aliphatic rings. The van der Waals surface area contributed by atoms with Gasteiger partial charge in [-0.1, -0.05) is 35.9 Å². The number of aryl methyl sites for hydroxylation is 2. The summed E-state index contributed by atoms with van der Waals surface area (Å²) >= 11 is 6.30. The molecule has 1 aromatic heterocycles. The maximum atomic E-state index is 13.0. The summed E-state index contributed by atoms with van der Waals surface area (Å²) < 4.78 is 13.8. The Morgan fingerprint density at radius 3 is 2.54 bits per heavy atom. The van der Waals surface area contributed by atoms with Crippen LogP contribution in [0.1, 0.15) is 29.3 Å². The highest BCUT2D eigenvalue weighted by Gasteiger charge is 2.35. The molecule has 0 saturated carbocycles. The minimum atomic E-state index is -0.0279. The quantitative estimate of drug-likeness (QED) is 0.323. The number of rotatable bonds is 7. The molecule has 1 atom stereocenters. The first-order chi connectivity index (χ1) is 17.0. The molecule has 0 radical (unpaired) electrons. The summed E-state index contributed by atoms with van der Waals surface area (Å²) in [5.74, 6) is 2.44. The molecule has 4 aromatic rings. The number of fused-ring (bicyclic) bond motifs is 1. The van der Waals surface area contributed by atoms with Crippen molar-refractivity contribution in [2.75, 3.05) is 25.2 Å². The summed E-state index contributed by atoms with van der Waals surface area (Å²) in [7, 11) is 1.62. The van der Waals surface area contributed by atoms with E-state index in [9.17, 15) is 4.79 Å². The first-order valence-electron chi connectivity index (χ1n) is 11.7. The van der Waals surface area contributed by atoms with Crippen LogP contribution >= 0.6 is 11.6 Å². The van der Waals surface area contributed by atoms with E-state index in [0.717, 1.165) is 44.4 Å². The van der Waals surface area contributed by atoms with Crippen molar-refractivity contribution in [3.05, 3.63) is 82.6 Å². The lowest BCUT2D eigenvalue weighted by atomic mass is 10.1. The zero-order valence-corrected chi connectivity index (χ0v) is 20.9. The predicted octanol–water partition coefficient (Wildman–Crippen LogP) is 5.91. The molecule has 5 rings (SSSR count). The number of nitrogens with zero attached hydrogens (tertiary/aromatic N) is 3. The first-order valence-corrected chi connectivity index (χ1v) is 12.1. The number of benzene rings is 3. The molecular formula is C28H28ClN3O3. The van der Waals surface area contributed by atoms with Gasteiger partial charge in [0.15, 0.2) is 0 Å². The molecule has 6 nitrogen and oxygen atoms in total. The number of aromatic nitrogens is 2. The van der Waals surface area contributed by atoms with E-state index in [1.807, 2.05) is 73.3 Å². The Bertz CT molecular complexity index is 1370. The minimum absolute atomic E-state index is 0.0279. The van der Waals surface area contributed by atoms with Crippen LogP contribution in [0, 0.1) is 13.8 Å². The van der Waals surface area contributed by atoms with Gasteiger partial charge in [-0.25, -0.2) is 4.98 Å². The van der Waals surface area contributed by atoms with Crippen LogP contribution in [-0.4, -0.2) is 35.7 Å². The van der Waals surface area contributed by atoms with Crippen molar-refractivity contribution >= 4 is 34.2 Å². The lowest BCUT2D eigenvalue weighted by Crippen LogP contribution is -2.25. The number of hydrogen-bond acceptors (Lipinski definition) is 4. The fraction of sp³-hybridized carbons (Fsp3) is 0.286. The van der Waals surface area contributed by atoms with Crippen LogP contribution in [0.15, 0.2) is 60.7 Å². The SMILES string of the molecule is COc1ccccc1N1CC(c2nc3ccccc3n2CCOc2cc(C)c(Cl)c(C)c2)CC1=O. The van der Waals surface area contributed by atoms with Gasteiger partial charge in [-0.2, -0.15) is 0 Å². The van der Waals surface area contributed by atoms with Crippen molar-refractivity contribution in [2.45, 2.75) is 32.7 Å². The van der Waals surface area contributed by atoms with Gasteiger partial charge in [-0.05, 0) is 61.4 Å². The molecule has 0 bridgehead atoms. The third kappa shape index (κ3) is 4.46. The highest BCUT2D eigenvalue weighted by atomic mass is 35.5. The lowest BCUT2D eigenvalue weighted by Gasteiger charge is -2.20. The molecule has 1 saturated heterocycles. The summed E-state index contributed by atoms with van der Waals surface area (Å²) in [5, 5.41) is 0.769. The number of carbonyl (C=O) groups excluding carboxylic acids is 1. The van der Waals surface area contributed by atoms with Gasteiger partial charge in [0.2, 0.25) is 5.91 Å². The maximum absolute atomic E-state index is 13.0. The van der Waals surface area contributed by atoms with Crippen LogP contribution in [0.5, 0.6) is 11.5 Å². The van der Waals surface area contributed by atoms with Gasteiger partial charge in [-0.15, -0.1) is 0 Å². The normalized spacial score (nSPS) is 15.7. The largest absolute Gasteiger partial charge is 0.495 e. The maximum Gasteiger partial charge on any atom is 0.227 e. The second-order valence-corrected chi connectivity index (χ2v) is 9.29. The molecule has 35 heavy (non-hydrogen) atoms. The van der Waals surface area contributed by atoms with Crippen molar-refractivity contribution < 1.29 is 14.3 Å². The second-order valence-electron chi connectivity index (χ2n) is 8.91. The third-order valence-electron chi connectivity index (χ3n) is 6.54. The zero-order chi connectivity index (χ0) is 24.5. The number of imidazole rings is 1. The Balaban J connectivity index is 1.41. The molecule has 180 valence electrons. The Labute approximate surface area is 210 Å². The van der Waals surface area contributed by atoms with Crippen molar-refractivity contribution in [1.29, 1.82) is 0 Å². The summed E-state index contributed by atoms with van der Waals surface area (Å²) in [6.45, 7) is 5.61. The van der Waals surface area contributed by atoms with Gasteiger partial charge < -0.3 is 18.9 Å². The number of hydrogen-bond donors (Lipinski definition) is 0. The topological polar surface area (TPSA) is 56.6 Å². The molecule has 3 aromatic carbocycles. The van der Waals surface area contributed by atoms with Crippen LogP contribution in [0.25, 0.3) is 11.0 Å². The summed E-state index contributed by atoms with van der Waals surface area (Å²) in [5.41, 5.74) is 4.75. The Morgan fingerprint density at radius 2 is 1.77 bits per heavy atom. The Morgan fingerprint density at radius 1 is 1.06 bits per heavy atom. The van der Waals surface area contributed by atoms with E-state index in [1.54, 1.807) is 7.11 Å². The van der Waals surface area contributed by atoms with Crippen molar-refractivity contribution in [3.8, 4) is 11.5 Å². The number of methoxy groups -OCH3 is 1. The Hall–Kier alpha value is -3.51. The van der Waals surface area contributed by atoms with Crippen LogP contribution in [0.3, 0.4) is 0 Å². The highest BCUT2D eigenvalue weighted by molar-refractivity contribution is 6.32. The summed E-state index contributed by atoms with van der Waals surface area (Å²) in [6, 6.07) is 19.6. The third-order valence-corrected chi connectivity index (χ3v) is 7.14. The van der Waals surface area contributed by atoms with E-state index in [0.29, 0.717) is 31.9 Å². The van der Waals surface area contributed by atoms with Crippen molar-refractivity contribution in [2.24, 2.45) is 0 Å². The van der Waals surface area contributed by atoms with E-state index in [1.165, 1.54) is 0 Å². The molecule has 2 heterocycles. The fourth-order valence-electron chi connectivity index (χ4n) is 4.85. The highest BCUT2D eigenvalue weighted by Crippen LogP contribution is 2.37. The van der Waals surface area contributed by atoms with Crippen molar-refractivity contribution in [3.63, 3.8) is 0 Å². The average Bonchev–Trinajstić information content (AvgIpc) is 3.43. The molecule has 0 aliphatic carbocycles. The fourth-order valence-corrected chi connectivity index (χ4v) is 4.96. The first kappa shape index (κ1) is 23.2. The number of amides is 1.